The van der Waals surface area contributed by atoms with Gasteiger partial charge < -0.3 is 15.8 Å². The van der Waals surface area contributed by atoms with Crippen LogP contribution >= 0.6 is 0 Å². The van der Waals surface area contributed by atoms with Gasteiger partial charge in [-0.3, -0.25) is 0 Å². The monoisotopic (exact) mass is 295 g/mol. The predicted molar refractivity (Wildman–Crippen MR) is 85.1 cm³/mol. The van der Waals surface area contributed by atoms with Crippen molar-refractivity contribution >= 4 is 5.96 Å². The van der Waals surface area contributed by atoms with Crippen molar-refractivity contribution in [2.45, 2.75) is 39.7 Å². The number of para-hydroxylation sites is 1. The summed E-state index contributed by atoms with van der Waals surface area (Å²) in [7, 11) is 0. The molecule has 0 aliphatic rings. The van der Waals surface area contributed by atoms with E-state index in [1.54, 1.807) is 18.2 Å². The Morgan fingerprint density at radius 1 is 1.38 bits per heavy atom. The van der Waals surface area contributed by atoms with E-state index in [1.165, 1.54) is 6.07 Å². The van der Waals surface area contributed by atoms with E-state index in [2.05, 4.69) is 24.2 Å². The summed E-state index contributed by atoms with van der Waals surface area (Å²) >= 11 is 0. The van der Waals surface area contributed by atoms with Gasteiger partial charge in [0.1, 0.15) is 6.10 Å². The predicted octanol–water partition coefficient (Wildman–Crippen LogP) is 2.93. The molecule has 0 heterocycles. The smallest absolute Gasteiger partial charge is 0.188 e. The Hall–Kier alpha value is -1.78. The number of ether oxygens (including phenoxy) is 1. The molecule has 1 aromatic carbocycles. The summed E-state index contributed by atoms with van der Waals surface area (Å²) in [5, 5.41) is 3.07. The number of nitrogens with zero attached hydrogens (tertiary/aromatic N) is 1. The number of halogens is 1. The van der Waals surface area contributed by atoms with Gasteiger partial charge in [0.2, 0.25) is 0 Å². The van der Waals surface area contributed by atoms with Crippen LogP contribution in [0.5, 0.6) is 5.75 Å². The molecule has 1 aromatic rings. The summed E-state index contributed by atoms with van der Waals surface area (Å²) in [4.78, 5) is 4.25. The summed E-state index contributed by atoms with van der Waals surface area (Å²) in [5.74, 6) is 0.929. The van der Waals surface area contributed by atoms with Gasteiger partial charge in [-0.15, -0.1) is 0 Å². The third kappa shape index (κ3) is 6.97. The SMILES string of the molecule is CCC(CN=C(N)NCCC(C)C)Oc1ccccc1F. The van der Waals surface area contributed by atoms with Gasteiger partial charge in [0.05, 0.1) is 6.54 Å². The Balaban J connectivity index is 2.45. The lowest BCUT2D eigenvalue weighted by atomic mass is 10.1. The van der Waals surface area contributed by atoms with Crippen LogP contribution in [0.3, 0.4) is 0 Å². The number of rotatable bonds is 8. The second-order valence-corrected chi connectivity index (χ2v) is 5.41. The Morgan fingerprint density at radius 3 is 2.71 bits per heavy atom. The molecule has 0 saturated heterocycles. The van der Waals surface area contributed by atoms with Gasteiger partial charge in [-0.25, -0.2) is 9.38 Å². The molecule has 0 amide bonds. The van der Waals surface area contributed by atoms with E-state index in [4.69, 9.17) is 10.5 Å². The van der Waals surface area contributed by atoms with Crippen LogP contribution in [0.25, 0.3) is 0 Å². The van der Waals surface area contributed by atoms with E-state index >= 15 is 0 Å². The van der Waals surface area contributed by atoms with Crippen molar-refractivity contribution in [2.75, 3.05) is 13.1 Å². The summed E-state index contributed by atoms with van der Waals surface area (Å²) in [5.41, 5.74) is 5.80. The molecule has 118 valence electrons. The first-order valence-electron chi connectivity index (χ1n) is 7.47. The fraction of sp³-hybridized carbons (Fsp3) is 0.562. The number of benzene rings is 1. The Kier molecular flexibility index (Phi) is 7.58. The third-order valence-electron chi connectivity index (χ3n) is 3.08. The number of aliphatic imine (C=N–C) groups is 1. The molecule has 0 bridgehead atoms. The Labute approximate surface area is 126 Å². The topological polar surface area (TPSA) is 59.6 Å². The number of guanidine groups is 1. The van der Waals surface area contributed by atoms with Crippen LogP contribution in [0, 0.1) is 11.7 Å². The van der Waals surface area contributed by atoms with Gasteiger partial charge in [0.15, 0.2) is 17.5 Å². The largest absolute Gasteiger partial charge is 0.485 e. The summed E-state index contributed by atoms with van der Waals surface area (Å²) in [6.45, 7) is 7.50. The van der Waals surface area contributed by atoms with Crippen molar-refractivity contribution in [1.82, 2.24) is 5.32 Å². The summed E-state index contributed by atoms with van der Waals surface area (Å²) < 4.78 is 19.2. The zero-order chi connectivity index (χ0) is 15.7. The van der Waals surface area contributed by atoms with Crippen LogP contribution in [0.2, 0.25) is 0 Å². The molecule has 4 nitrogen and oxygen atoms in total. The lowest BCUT2D eigenvalue weighted by Gasteiger charge is -2.16. The number of nitrogens with two attached hydrogens (primary N) is 1. The van der Waals surface area contributed by atoms with Gasteiger partial charge in [-0.1, -0.05) is 32.9 Å². The molecule has 0 aromatic heterocycles. The van der Waals surface area contributed by atoms with E-state index in [-0.39, 0.29) is 17.7 Å². The molecule has 5 heteroatoms. The average Bonchev–Trinajstić information content (AvgIpc) is 2.45. The first-order valence-corrected chi connectivity index (χ1v) is 7.47. The molecule has 0 radical (unpaired) electrons. The lowest BCUT2D eigenvalue weighted by molar-refractivity contribution is 0.197. The molecule has 1 rings (SSSR count). The van der Waals surface area contributed by atoms with Crippen molar-refractivity contribution in [2.24, 2.45) is 16.6 Å². The lowest BCUT2D eigenvalue weighted by Crippen LogP contribution is -2.34. The molecule has 0 aliphatic heterocycles. The molecule has 0 aliphatic carbocycles. The standard InChI is InChI=1S/C16H26FN3O/c1-4-13(21-15-8-6-5-7-14(15)17)11-20-16(18)19-10-9-12(2)3/h5-8,12-13H,4,9-11H2,1-3H3,(H3,18,19,20). The van der Waals surface area contributed by atoms with E-state index in [0.29, 0.717) is 18.4 Å². The number of hydrogen-bond acceptors (Lipinski definition) is 2. The molecule has 1 atom stereocenters. The second kappa shape index (κ2) is 9.21. The molecule has 0 spiro atoms. The van der Waals surface area contributed by atoms with Crippen molar-refractivity contribution in [1.29, 1.82) is 0 Å². The fourth-order valence-corrected chi connectivity index (χ4v) is 1.71. The minimum absolute atomic E-state index is 0.188. The highest BCUT2D eigenvalue weighted by Crippen LogP contribution is 2.18. The van der Waals surface area contributed by atoms with Crippen molar-refractivity contribution < 1.29 is 9.13 Å². The Morgan fingerprint density at radius 2 is 2.10 bits per heavy atom. The highest BCUT2D eigenvalue weighted by atomic mass is 19.1. The van der Waals surface area contributed by atoms with Crippen LogP contribution in [0.15, 0.2) is 29.3 Å². The second-order valence-electron chi connectivity index (χ2n) is 5.41. The molecular formula is C16H26FN3O. The summed E-state index contributed by atoms with van der Waals surface area (Å²) in [6.07, 6.45) is 1.59. The van der Waals surface area contributed by atoms with Crippen molar-refractivity contribution in [3.63, 3.8) is 0 Å². The molecule has 3 N–H and O–H groups in total. The first-order chi connectivity index (χ1) is 10.0. The maximum atomic E-state index is 13.5. The van der Waals surface area contributed by atoms with Gasteiger partial charge >= 0.3 is 0 Å². The van der Waals surface area contributed by atoms with E-state index in [1.807, 2.05) is 6.92 Å². The highest BCUT2D eigenvalue weighted by Gasteiger charge is 2.10. The van der Waals surface area contributed by atoms with Gasteiger partial charge in [0, 0.05) is 6.54 Å². The first kappa shape index (κ1) is 17.3. The zero-order valence-electron chi connectivity index (χ0n) is 13.1. The van der Waals surface area contributed by atoms with Gasteiger partial charge in [-0.05, 0) is 30.9 Å². The maximum absolute atomic E-state index is 13.5. The quantitative estimate of drug-likeness (QED) is 0.572. The van der Waals surface area contributed by atoms with Crippen LogP contribution < -0.4 is 15.8 Å². The minimum atomic E-state index is -0.358. The average molecular weight is 295 g/mol. The number of hydrogen-bond donors (Lipinski definition) is 2. The normalized spacial score (nSPS) is 13.3. The fourth-order valence-electron chi connectivity index (χ4n) is 1.71. The maximum Gasteiger partial charge on any atom is 0.188 e. The third-order valence-corrected chi connectivity index (χ3v) is 3.08. The minimum Gasteiger partial charge on any atom is -0.485 e. The molecule has 0 fully saturated rings. The molecule has 21 heavy (non-hydrogen) atoms. The van der Waals surface area contributed by atoms with E-state index in [0.717, 1.165) is 19.4 Å². The van der Waals surface area contributed by atoms with Crippen LogP contribution in [-0.4, -0.2) is 25.2 Å². The van der Waals surface area contributed by atoms with E-state index < -0.39 is 0 Å². The van der Waals surface area contributed by atoms with Crippen molar-refractivity contribution in [3.8, 4) is 5.75 Å². The Bertz CT molecular complexity index is 449. The van der Waals surface area contributed by atoms with Gasteiger partial charge in [-0.2, -0.15) is 0 Å². The van der Waals surface area contributed by atoms with Crippen LogP contribution in [0.1, 0.15) is 33.6 Å². The zero-order valence-corrected chi connectivity index (χ0v) is 13.1. The van der Waals surface area contributed by atoms with Crippen LogP contribution in [0.4, 0.5) is 4.39 Å². The summed E-state index contributed by atoms with van der Waals surface area (Å²) in [6, 6.07) is 6.38. The highest BCUT2D eigenvalue weighted by molar-refractivity contribution is 5.77. The molecule has 0 saturated carbocycles. The van der Waals surface area contributed by atoms with Crippen molar-refractivity contribution in [3.05, 3.63) is 30.1 Å². The number of nitrogens with one attached hydrogen (secondary N) is 1. The molecular weight excluding hydrogens is 269 g/mol. The molecule has 1 unspecified atom stereocenters. The van der Waals surface area contributed by atoms with E-state index in [9.17, 15) is 4.39 Å². The van der Waals surface area contributed by atoms with Crippen LogP contribution in [-0.2, 0) is 0 Å². The van der Waals surface area contributed by atoms with Gasteiger partial charge in [0.25, 0.3) is 0 Å².